The normalized spacial score (nSPS) is 11.1. The van der Waals surface area contributed by atoms with Crippen molar-refractivity contribution in [3.63, 3.8) is 0 Å². The van der Waals surface area contributed by atoms with Gasteiger partial charge in [0.2, 0.25) is 0 Å². The summed E-state index contributed by atoms with van der Waals surface area (Å²) in [7, 11) is -2.65. The highest BCUT2D eigenvalue weighted by Crippen LogP contribution is 2.27. The second-order valence-corrected chi connectivity index (χ2v) is 7.23. The van der Waals surface area contributed by atoms with Crippen LogP contribution in [0.5, 0.6) is 5.75 Å². The van der Waals surface area contributed by atoms with E-state index in [1.54, 1.807) is 12.1 Å². The summed E-state index contributed by atoms with van der Waals surface area (Å²) in [5, 5.41) is 9.07. The van der Waals surface area contributed by atoms with E-state index in [1.807, 2.05) is 12.1 Å². The van der Waals surface area contributed by atoms with Crippen molar-refractivity contribution in [3.05, 3.63) is 53.6 Å². The molecular formula is C18H21NO5S. The Morgan fingerprint density at radius 1 is 1.16 bits per heavy atom. The fourth-order valence-electron chi connectivity index (χ4n) is 2.35. The standard InChI is InChI=1S/C18H21NO5S/c1-3-4-5-13-6-9-15(10-7-13)19-25(22,23)17-12-14(18(20)21)8-11-16(17)24-2/h6-12,19H,3-5H2,1-2H3,(H,20,21). The smallest absolute Gasteiger partial charge is 0.335 e. The van der Waals surface area contributed by atoms with Gasteiger partial charge in [0, 0.05) is 5.69 Å². The van der Waals surface area contributed by atoms with Crippen molar-refractivity contribution in [3.8, 4) is 5.75 Å². The Kier molecular flexibility index (Phi) is 6.03. The molecule has 2 aromatic rings. The zero-order valence-electron chi connectivity index (χ0n) is 14.2. The molecule has 0 spiro atoms. The largest absolute Gasteiger partial charge is 0.495 e. The topological polar surface area (TPSA) is 92.7 Å². The molecule has 0 radical (unpaired) electrons. The van der Waals surface area contributed by atoms with E-state index in [1.165, 1.54) is 19.2 Å². The second kappa shape index (κ2) is 8.02. The Hall–Kier alpha value is -2.54. The minimum atomic E-state index is -3.98. The summed E-state index contributed by atoms with van der Waals surface area (Å²) in [6.45, 7) is 2.11. The quantitative estimate of drug-likeness (QED) is 0.748. The zero-order chi connectivity index (χ0) is 18.4. The van der Waals surface area contributed by atoms with Gasteiger partial charge in [0.25, 0.3) is 10.0 Å². The summed E-state index contributed by atoms with van der Waals surface area (Å²) in [5.74, 6) is -1.13. The molecule has 0 bridgehead atoms. The number of anilines is 1. The Labute approximate surface area is 147 Å². The molecule has 0 aromatic heterocycles. The number of hydrogen-bond acceptors (Lipinski definition) is 4. The van der Waals surface area contributed by atoms with Crippen LogP contribution in [0.1, 0.15) is 35.7 Å². The molecule has 134 valence electrons. The summed E-state index contributed by atoms with van der Waals surface area (Å²) in [6, 6.07) is 10.8. The highest BCUT2D eigenvalue weighted by atomic mass is 32.2. The van der Waals surface area contributed by atoms with Crippen LogP contribution >= 0.6 is 0 Å². The fraction of sp³-hybridized carbons (Fsp3) is 0.278. The summed E-state index contributed by atoms with van der Waals surface area (Å²) in [5.41, 5.74) is 1.41. The molecule has 0 aliphatic carbocycles. The lowest BCUT2D eigenvalue weighted by Crippen LogP contribution is -2.15. The van der Waals surface area contributed by atoms with Crippen molar-refractivity contribution < 1.29 is 23.1 Å². The number of rotatable bonds is 8. The number of unbranched alkanes of at least 4 members (excludes halogenated alkanes) is 1. The first kappa shape index (κ1) is 18.8. The van der Waals surface area contributed by atoms with E-state index >= 15 is 0 Å². The highest BCUT2D eigenvalue weighted by molar-refractivity contribution is 7.92. The van der Waals surface area contributed by atoms with Gasteiger partial charge in [-0.2, -0.15) is 0 Å². The Balaban J connectivity index is 2.29. The van der Waals surface area contributed by atoms with Crippen LogP contribution in [0.15, 0.2) is 47.4 Å². The Morgan fingerprint density at radius 3 is 2.40 bits per heavy atom. The second-order valence-electron chi connectivity index (χ2n) is 5.58. The number of ether oxygens (including phenoxy) is 1. The molecular weight excluding hydrogens is 342 g/mol. The number of methoxy groups -OCH3 is 1. The van der Waals surface area contributed by atoms with Gasteiger partial charge in [-0.05, 0) is 48.7 Å². The molecule has 7 heteroatoms. The maximum atomic E-state index is 12.6. The minimum Gasteiger partial charge on any atom is -0.495 e. The first-order valence-electron chi connectivity index (χ1n) is 7.90. The van der Waals surface area contributed by atoms with Crippen LogP contribution in [0.4, 0.5) is 5.69 Å². The molecule has 0 aliphatic heterocycles. The number of carboxylic acids is 1. The average Bonchev–Trinajstić information content (AvgIpc) is 2.60. The minimum absolute atomic E-state index is 0.0806. The lowest BCUT2D eigenvalue weighted by Gasteiger charge is -2.12. The molecule has 0 fully saturated rings. The van der Waals surface area contributed by atoms with Crippen LogP contribution < -0.4 is 9.46 Å². The van der Waals surface area contributed by atoms with Crippen molar-refractivity contribution in [2.75, 3.05) is 11.8 Å². The van der Waals surface area contributed by atoms with Crippen molar-refractivity contribution in [1.29, 1.82) is 0 Å². The number of aryl methyl sites for hydroxylation is 1. The first-order chi connectivity index (χ1) is 11.9. The third kappa shape index (κ3) is 4.73. The third-order valence-electron chi connectivity index (χ3n) is 3.73. The number of nitrogens with one attached hydrogen (secondary N) is 1. The molecule has 0 aliphatic rings. The van der Waals surface area contributed by atoms with Crippen LogP contribution in [0.25, 0.3) is 0 Å². The summed E-state index contributed by atoms with van der Waals surface area (Å²) in [4.78, 5) is 10.9. The molecule has 0 unspecified atom stereocenters. The average molecular weight is 363 g/mol. The van der Waals surface area contributed by atoms with Crippen LogP contribution in [0, 0.1) is 0 Å². The molecule has 6 nitrogen and oxygen atoms in total. The third-order valence-corrected chi connectivity index (χ3v) is 5.13. The van der Waals surface area contributed by atoms with Gasteiger partial charge in [0.05, 0.1) is 12.7 Å². The SMILES string of the molecule is CCCCc1ccc(NS(=O)(=O)c2cc(C(=O)O)ccc2OC)cc1. The number of sulfonamides is 1. The lowest BCUT2D eigenvalue weighted by molar-refractivity contribution is 0.0696. The molecule has 2 aromatic carbocycles. The summed E-state index contributed by atoms with van der Waals surface area (Å²) in [6.07, 6.45) is 3.11. The van der Waals surface area contributed by atoms with E-state index in [-0.39, 0.29) is 16.2 Å². The number of hydrogen-bond donors (Lipinski definition) is 2. The predicted octanol–water partition coefficient (Wildman–Crippen LogP) is 3.54. The van der Waals surface area contributed by atoms with Crippen molar-refractivity contribution >= 4 is 21.7 Å². The van der Waals surface area contributed by atoms with Crippen molar-refractivity contribution in [1.82, 2.24) is 0 Å². The van der Waals surface area contributed by atoms with E-state index in [2.05, 4.69) is 11.6 Å². The van der Waals surface area contributed by atoms with Gasteiger partial charge in [-0.1, -0.05) is 25.5 Å². The molecule has 2 N–H and O–H groups in total. The van der Waals surface area contributed by atoms with Gasteiger partial charge >= 0.3 is 5.97 Å². The van der Waals surface area contributed by atoms with Crippen LogP contribution in [-0.2, 0) is 16.4 Å². The van der Waals surface area contributed by atoms with Gasteiger partial charge in [0.15, 0.2) is 0 Å². The number of aromatic carboxylic acids is 1. The monoisotopic (exact) mass is 363 g/mol. The van der Waals surface area contributed by atoms with E-state index in [0.717, 1.165) is 30.9 Å². The molecule has 0 atom stereocenters. The molecule has 0 heterocycles. The Bertz CT molecular complexity index is 844. The molecule has 0 saturated heterocycles. The van der Waals surface area contributed by atoms with Crippen molar-refractivity contribution in [2.45, 2.75) is 31.1 Å². The molecule has 0 amide bonds. The van der Waals surface area contributed by atoms with Crippen LogP contribution in [0.3, 0.4) is 0 Å². The van der Waals surface area contributed by atoms with E-state index in [0.29, 0.717) is 5.69 Å². The molecule has 25 heavy (non-hydrogen) atoms. The predicted molar refractivity (Wildman–Crippen MR) is 95.8 cm³/mol. The van der Waals surface area contributed by atoms with E-state index < -0.39 is 16.0 Å². The fourth-order valence-corrected chi connectivity index (χ4v) is 3.60. The van der Waals surface area contributed by atoms with Gasteiger partial charge in [0.1, 0.15) is 10.6 Å². The first-order valence-corrected chi connectivity index (χ1v) is 9.38. The van der Waals surface area contributed by atoms with Gasteiger partial charge in [-0.25, -0.2) is 13.2 Å². The molecule has 2 rings (SSSR count). The summed E-state index contributed by atoms with van der Waals surface area (Å²) < 4.78 is 32.8. The van der Waals surface area contributed by atoms with E-state index in [4.69, 9.17) is 9.84 Å². The summed E-state index contributed by atoms with van der Waals surface area (Å²) >= 11 is 0. The van der Waals surface area contributed by atoms with Crippen molar-refractivity contribution in [2.24, 2.45) is 0 Å². The van der Waals surface area contributed by atoms with Gasteiger partial charge in [-0.15, -0.1) is 0 Å². The number of benzene rings is 2. The maximum absolute atomic E-state index is 12.6. The number of carboxylic acid groups (broad SMARTS) is 1. The zero-order valence-corrected chi connectivity index (χ0v) is 15.0. The van der Waals surface area contributed by atoms with E-state index in [9.17, 15) is 13.2 Å². The number of carbonyl (C=O) groups is 1. The van der Waals surface area contributed by atoms with Gasteiger partial charge < -0.3 is 9.84 Å². The van der Waals surface area contributed by atoms with Crippen LogP contribution in [0.2, 0.25) is 0 Å². The highest BCUT2D eigenvalue weighted by Gasteiger charge is 2.21. The maximum Gasteiger partial charge on any atom is 0.335 e. The van der Waals surface area contributed by atoms with Crippen LogP contribution in [-0.4, -0.2) is 26.6 Å². The molecule has 0 saturated carbocycles. The lowest BCUT2D eigenvalue weighted by atomic mass is 10.1. The Morgan fingerprint density at radius 2 is 1.84 bits per heavy atom. The van der Waals surface area contributed by atoms with Gasteiger partial charge in [-0.3, -0.25) is 4.72 Å².